The number of nitrogens with zero attached hydrogens (tertiary/aromatic N) is 2. The Kier molecular flexibility index (Phi) is 5.18. The number of rotatable bonds is 5. The third-order valence-electron chi connectivity index (χ3n) is 2.25. The molecule has 0 atom stereocenters. The summed E-state index contributed by atoms with van der Waals surface area (Å²) < 4.78 is 32.7. The first-order chi connectivity index (χ1) is 9.53. The van der Waals surface area contributed by atoms with Crippen LogP contribution in [0.15, 0.2) is 11.4 Å². The summed E-state index contributed by atoms with van der Waals surface area (Å²) in [5.41, 5.74) is 4.90. The fraction of sp³-hybridized carbons (Fsp3) is 0.636. The summed E-state index contributed by atoms with van der Waals surface area (Å²) >= 11 is 0. The number of hydrogen-bond donors (Lipinski definition) is 3. The van der Waals surface area contributed by atoms with Crippen molar-refractivity contribution in [1.29, 1.82) is 0 Å². The van der Waals surface area contributed by atoms with E-state index < -0.39 is 21.7 Å². The second-order valence-electron chi connectivity index (χ2n) is 5.37. The van der Waals surface area contributed by atoms with Gasteiger partial charge in [-0.1, -0.05) is 0 Å². The van der Waals surface area contributed by atoms with E-state index >= 15 is 0 Å². The van der Waals surface area contributed by atoms with Gasteiger partial charge in [-0.3, -0.25) is 0 Å². The van der Waals surface area contributed by atoms with E-state index in [9.17, 15) is 13.2 Å². The smallest absolute Gasteiger partial charge is 0.407 e. The summed E-state index contributed by atoms with van der Waals surface area (Å²) in [6.45, 7) is 5.31. The lowest BCUT2D eigenvalue weighted by atomic mass is 10.2. The van der Waals surface area contributed by atoms with Crippen LogP contribution in [0, 0.1) is 0 Å². The summed E-state index contributed by atoms with van der Waals surface area (Å²) in [5.74, 6) is -0.0786. The van der Waals surface area contributed by atoms with Crippen LogP contribution in [0.3, 0.4) is 0 Å². The minimum Gasteiger partial charge on any atom is -0.444 e. The van der Waals surface area contributed by atoms with Gasteiger partial charge >= 0.3 is 6.09 Å². The first-order valence-electron chi connectivity index (χ1n) is 6.26. The first-order valence-corrected chi connectivity index (χ1v) is 7.74. The third-order valence-corrected chi connectivity index (χ3v) is 3.84. The van der Waals surface area contributed by atoms with Crippen LogP contribution in [0.2, 0.25) is 0 Å². The Morgan fingerprint density at radius 2 is 2.05 bits per heavy atom. The molecule has 1 heterocycles. The zero-order valence-corrected chi connectivity index (χ0v) is 13.3. The third kappa shape index (κ3) is 5.23. The molecule has 0 aromatic carbocycles. The van der Waals surface area contributed by atoms with E-state index in [-0.39, 0.29) is 23.9 Å². The highest BCUT2D eigenvalue weighted by atomic mass is 32.2. The summed E-state index contributed by atoms with van der Waals surface area (Å²) in [6.07, 6.45) is 0.699. The van der Waals surface area contributed by atoms with Crippen molar-refractivity contribution < 1.29 is 17.9 Å². The molecule has 0 aliphatic carbocycles. The van der Waals surface area contributed by atoms with Crippen molar-refractivity contribution in [2.75, 3.05) is 18.8 Å². The molecular formula is C11H21N5O4S. The minimum atomic E-state index is -3.78. The number of nitrogens with two attached hydrogens (primary N) is 1. The standard InChI is InChI=1S/C11H21N5O4S/c1-11(2,3)20-10(17)13-5-6-15-21(18,19)9-8(12)14-7-16(9)4/h7,15H,5-6,12H2,1-4H3,(H,13,17). The average Bonchev–Trinajstić information content (AvgIpc) is 2.63. The molecule has 21 heavy (non-hydrogen) atoms. The number of nitrogens with one attached hydrogen (secondary N) is 2. The van der Waals surface area contributed by atoms with Crippen molar-refractivity contribution in [1.82, 2.24) is 19.6 Å². The van der Waals surface area contributed by atoms with Crippen LogP contribution in [0.1, 0.15) is 20.8 Å². The molecule has 0 saturated heterocycles. The number of anilines is 1. The number of amides is 1. The molecule has 0 fully saturated rings. The number of sulfonamides is 1. The molecule has 1 aromatic rings. The van der Waals surface area contributed by atoms with E-state index in [1.807, 2.05) is 0 Å². The van der Waals surface area contributed by atoms with Gasteiger partial charge in [0.25, 0.3) is 10.0 Å². The van der Waals surface area contributed by atoms with Gasteiger partial charge in [-0.25, -0.2) is 22.9 Å². The van der Waals surface area contributed by atoms with Crippen LogP contribution >= 0.6 is 0 Å². The largest absolute Gasteiger partial charge is 0.444 e. The quantitative estimate of drug-likeness (QED) is 0.645. The van der Waals surface area contributed by atoms with E-state index in [4.69, 9.17) is 10.5 Å². The average molecular weight is 319 g/mol. The van der Waals surface area contributed by atoms with Gasteiger partial charge < -0.3 is 20.4 Å². The van der Waals surface area contributed by atoms with E-state index in [1.165, 1.54) is 17.9 Å². The second kappa shape index (κ2) is 6.31. The number of ether oxygens (including phenoxy) is 1. The van der Waals surface area contributed by atoms with Crippen molar-refractivity contribution in [2.45, 2.75) is 31.4 Å². The Morgan fingerprint density at radius 3 is 2.52 bits per heavy atom. The van der Waals surface area contributed by atoms with Crippen molar-refractivity contribution in [3.63, 3.8) is 0 Å². The number of alkyl carbamates (subject to hydrolysis) is 1. The van der Waals surface area contributed by atoms with Crippen LogP contribution in [0.5, 0.6) is 0 Å². The number of hydrogen-bond acceptors (Lipinski definition) is 6. The Morgan fingerprint density at radius 1 is 1.43 bits per heavy atom. The predicted octanol–water partition coefficient (Wildman–Crippen LogP) is -0.195. The SMILES string of the molecule is Cn1cnc(N)c1S(=O)(=O)NCCNC(=O)OC(C)(C)C. The molecule has 0 aliphatic rings. The molecule has 4 N–H and O–H groups in total. The molecule has 1 rings (SSSR count). The van der Waals surface area contributed by atoms with Crippen LogP contribution in [-0.2, 0) is 21.8 Å². The van der Waals surface area contributed by atoms with Crippen LogP contribution < -0.4 is 15.8 Å². The van der Waals surface area contributed by atoms with Crippen molar-refractivity contribution in [3.05, 3.63) is 6.33 Å². The number of carbonyl (C=O) groups is 1. The maximum atomic E-state index is 12.0. The molecule has 1 aromatic heterocycles. The number of carbonyl (C=O) groups excluding carboxylic acids is 1. The topological polar surface area (TPSA) is 128 Å². The van der Waals surface area contributed by atoms with E-state index in [0.717, 1.165) is 0 Å². The predicted molar refractivity (Wildman–Crippen MR) is 77.0 cm³/mol. The minimum absolute atomic E-state index is 0.00615. The molecule has 120 valence electrons. The molecule has 0 aliphatic heterocycles. The van der Waals surface area contributed by atoms with Gasteiger partial charge in [0.05, 0.1) is 6.33 Å². The van der Waals surface area contributed by atoms with E-state index in [2.05, 4.69) is 15.0 Å². The number of aromatic nitrogens is 2. The van der Waals surface area contributed by atoms with Crippen LogP contribution in [0.25, 0.3) is 0 Å². The highest BCUT2D eigenvalue weighted by Crippen LogP contribution is 2.14. The van der Waals surface area contributed by atoms with Gasteiger partial charge in [-0.15, -0.1) is 0 Å². The number of aryl methyl sites for hydroxylation is 1. The zero-order valence-electron chi connectivity index (χ0n) is 12.5. The summed E-state index contributed by atoms with van der Waals surface area (Å²) in [6, 6.07) is 0. The van der Waals surface area contributed by atoms with Gasteiger partial charge in [0, 0.05) is 20.1 Å². The zero-order chi connectivity index (χ0) is 16.3. The summed E-state index contributed by atoms with van der Waals surface area (Å²) in [5, 5.41) is 2.33. The lowest BCUT2D eigenvalue weighted by Crippen LogP contribution is -2.38. The second-order valence-corrected chi connectivity index (χ2v) is 7.05. The fourth-order valence-electron chi connectivity index (χ4n) is 1.50. The lowest BCUT2D eigenvalue weighted by Gasteiger charge is -2.19. The lowest BCUT2D eigenvalue weighted by molar-refractivity contribution is 0.0529. The molecule has 0 saturated carbocycles. The number of nitrogen functional groups attached to an aromatic ring is 1. The Labute approximate surface area is 123 Å². The Balaban J connectivity index is 2.48. The highest BCUT2D eigenvalue weighted by molar-refractivity contribution is 7.89. The number of imidazole rings is 1. The van der Waals surface area contributed by atoms with Crippen LogP contribution in [0.4, 0.5) is 10.6 Å². The summed E-state index contributed by atoms with van der Waals surface area (Å²) in [4.78, 5) is 15.1. The molecule has 0 bridgehead atoms. The van der Waals surface area contributed by atoms with Gasteiger partial charge in [0.2, 0.25) is 0 Å². The molecule has 0 spiro atoms. The highest BCUT2D eigenvalue weighted by Gasteiger charge is 2.22. The van der Waals surface area contributed by atoms with Crippen molar-refractivity contribution >= 4 is 21.9 Å². The van der Waals surface area contributed by atoms with Gasteiger partial charge in [0.15, 0.2) is 10.8 Å². The first kappa shape index (κ1) is 17.2. The van der Waals surface area contributed by atoms with Crippen molar-refractivity contribution in [2.24, 2.45) is 7.05 Å². The van der Waals surface area contributed by atoms with Crippen molar-refractivity contribution in [3.8, 4) is 0 Å². The molecule has 0 unspecified atom stereocenters. The molecule has 1 amide bonds. The molecule has 0 radical (unpaired) electrons. The summed E-state index contributed by atoms with van der Waals surface area (Å²) in [7, 11) is -2.25. The van der Waals surface area contributed by atoms with E-state index in [0.29, 0.717) is 0 Å². The fourth-order valence-corrected chi connectivity index (χ4v) is 2.76. The molecule has 10 heteroatoms. The van der Waals surface area contributed by atoms with Gasteiger partial charge in [-0.2, -0.15) is 0 Å². The van der Waals surface area contributed by atoms with Gasteiger partial charge in [-0.05, 0) is 20.8 Å². The Bertz CT molecular complexity index is 583. The maximum Gasteiger partial charge on any atom is 0.407 e. The molecular weight excluding hydrogens is 298 g/mol. The van der Waals surface area contributed by atoms with Crippen LogP contribution in [-0.4, -0.2) is 42.8 Å². The molecule has 9 nitrogen and oxygen atoms in total. The normalized spacial score (nSPS) is 12.2. The maximum absolute atomic E-state index is 12.0. The van der Waals surface area contributed by atoms with E-state index in [1.54, 1.807) is 20.8 Å². The monoisotopic (exact) mass is 319 g/mol. The Hall–Kier alpha value is -1.81. The van der Waals surface area contributed by atoms with Gasteiger partial charge in [0.1, 0.15) is 5.60 Å².